The molecule has 1 N–H and O–H groups in total. The Labute approximate surface area is 159 Å². The summed E-state index contributed by atoms with van der Waals surface area (Å²) in [5.74, 6) is -3.27. The van der Waals surface area contributed by atoms with Gasteiger partial charge >= 0.3 is 5.97 Å². The highest BCUT2D eigenvalue weighted by Crippen LogP contribution is 2.30. The summed E-state index contributed by atoms with van der Waals surface area (Å²) in [6, 6.07) is 8.10. The Balaban J connectivity index is 1.58. The average molecular weight is 396 g/mol. The summed E-state index contributed by atoms with van der Waals surface area (Å²) >= 11 is 5.95. The number of rotatable bonds is 4. The maximum Gasteiger partial charge on any atom is 0.313 e. The standard InChI is InChI=1S/C19H16ClF2NO4/c1-10(18(24)23-14-3-4-15(21)16(22)8-14)27-19(25)12-6-11-7-13(20)2-5-17(11)26-9-12/h2-5,7-8,10,12H,6,9H2,1H3,(H,23,24)/t10-,12-/m0/s1. The van der Waals surface area contributed by atoms with Crippen LogP contribution in [0.1, 0.15) is 12.5 Å². The van der Waals surface area contributed by atoms with Gasteiger partial charge in [-0.1, -0.05) is 11.6 Å². The Kier molecular flexibility index (Phi) is 5.60. The molecule has 1 heterocycles. The molecular formula is C19H16ClF2NO4. The van der Waals surface area contributed by atoms with Crippen LogP contribution >= 0.6 is 11.6 Å². The number of benzene rings is 2. The molecule has 27 heavy (non-hydrogen) atoms. The smallest absolute Gasteiger partial charge is 0.313 e. The Morgan fingerprint density at radius 3 is 2.74 bits per heavy atom. The Morgan fingerprint density at radius 2 is 2.00 bits per heavy atom. The quantitative estimate of drug-likeness (QED) is 0.801. The summed E-state index contributed by atoms with van der Waals surface area (Å²) < 4.78 is 36.9. The molecule has 0 radical (unpaired) electrons. The Bertz CT molecular complexity index is 890. The number of fused-ring (bicyclic) bond motifs is 1. The molecule has 1 aliphatic rings. The van der Waals surface area contributed by atoms with E-state index in [1.165, 1.54) is 13.0 Å². The number of halogens is 3. The highest BCUT2D eigenvalue weighted by molar-refractivity contribution is 6.30. The van der Waals surface area contributed by atoms with Crippen molar-refractivity contribution in [3.8, 4) is 5.75 Å². The fraction of sp³-hybridized carbons (Fsp3) is 0.263. The second-order valence-electron chi connectivity index (χ2n) is 6.16. The topological polar surface area (TPSA) is 64.6 Å². The second kappa shape index (κ2) is 7.92. The van der Waals surface area contributed by atoms with Gasteiger partial charge in [0.05, 0.1) is 5.92 Å². The summed E-state index contributed by atoms with van der Waals surface area (Å²) in [5.41, 5.74) is 0.848. The number of carbonyl (C=O) groups excluding carboxylic acids is 2. The minimum absolute atomic E-state index is 0.0615. The van der Waals surface area contributed by atoms with Crippen molar-refractivity contribution in [1.29, 1.82) is 0 Å². The van der Waals surface area contributed by atoms with Gasteiger partial charge in [0, 0.05) is 16.8 Å². The van der Waals surface area contributed by atoms with E-state index in [-0.39, 0.29) is 12.3 Å². The van der Waals surface area contributed by atoms with Crippen molar-refractivity contribution in [3.63, 3.8) is 0 Å². The number of nitrogens with one attached hydrogen (secondary N) is 1. The van der Waals surface area contributed by atoms with Crippen LogP contribution in [-0.2, 0) is 20.7 Å². The molecule has 2 aromatic carbocycles. The Morgan fingerprint density at radius 1 is 1.22 bits per heavy atom. The minimum Gasteiger partial charge on any atom is -0.492 e. The van der Waals surface area contributed by atoms with Crippen LogP contribution in [0.2, 0.25) is 5.02 Å². The molecule has 0 fully saturated rings. The van der Waals surface area contributed by atoms with Crippen LogP contribution in [0.5, 0.6) is 5.75 Å². The van der Waals surface area contributed by atoms with Crippen molar-refractivity contribution in [2.75, 3.05) is 11.9 Å². The molecule has 0 saturated carbocycles. The van der Waals surface area contributed by atoms with Crippen LogP contribution in [-0.4, -0.2) is 24.6 Å². The van der Waals surface area contributed by atoms with Crippen LogP contribution in [0.15, 0.2) is 36.4 Å². The molecule has 2 aromatic rings. The van der Waals surface area contributed by atoms with Gasteiger partial charge in [0.25, 0.3) is 5.91 Å². The van der Waals surface area contributed by atoms with Gasteiger partial charge < -0.3 is 14.8 Å². The molecule has 0 aliphatic carbocycles. The van der Waals surface area contributed by atoms with Crippen molar-refractivity contribution >= 4 is 29.2 Å². The van der Waals surface area contributed by atoms with E-state index in [9.17, 15) is 18.4 Å². The van der Waals surface area contributed by atoms with Gasteiger partial charge in [-0.05, 0) is 49.2 Å². The molecular weight excluding hydrogens is 380 g/mol. The fourth-order valence-corrected chi connectivity index (χ4v) is 2.85. The van der Waals surface area contributed by atoms with Gasteiger partial charge in [-0.25, -0.2) is 8.78 Å². The average Bonchev–Trinajstić information content (AvgIpc) is 2.64. The fourth-order valence-electron chi connectivity index (χ4n) is 2.66. The molecule has 1 aliphatic heterocycles. The first kappa shape index (κ1) is 19.1. The highest BCUT2D eigenvalue weighted by Gasteiger charge is 2.30. The minimum atomic E-state index is -1.12. The summed E-state index contributed by atoms with van der Waals surface area (Å²) in [7, 11) is 0. The lowest BCUT2D eigenvalue weighted by molar-refractivity contribution is -0.158. The van der Waals surface area contributed by atoms with Crippen molar-refractivity contribution < 1.29 is 27.8 Å². The van der Waals surface area contributed by atoms with E-state index < -0.39 is 35.5 Å². The van der Waals surface area contributed by atoms with Crippen molar-refractivity contribution in [2.45, 2.75) is 19.4 Å². The second-order valence-corrected chi connectivity index (χ2v) is 6.60. The van der Waals surface area contributed by atoms with Crippen LogP contribution in [0, 0.1) is 17.6 Å². The van der Waals surface area contributed by atoms with Crippen LogP contribution in [0.25, 0.3) is 0 Å². The molecule has 3 rings (SSSR count). The van der Waals surface area contributed by atoms with E-state index in [1.54, 1.807) is 18.2 Å². The summed E-state index contributed by atoms with van der Waals surface area (Å²) in [6.07, 6.45) is -0.738. The third-order valence-corrected chi connectivity index (χ3v) is 4.35. The number of hydrogen-bond acceptors (Lipinski definition) is 4. The van der Waals surface area contributed by atoms with Gasteiger partial charge in [-0.15, -0.1) is 0 Å². The number of ether oxygens (including phenoxy) is 2. The van der Waals surface area contributed by atoms with Crippen LogP contribution < -0.4 is 10.1 Å². The van der Waals surface area contributed by atoms with Crippen molar-refractivity contribution in [1.82, 2.24) is 0 Å². The van der Waals surface area contributed by atoms with E-state index >= 15 is 0 Å². The van der Waals surface area contributed by atoms with Crippen LogP contribution in [0.4, 0.5) is 14.5 Å². The lowest BCUT2D eigenvalue weighted by Crippen LogP contribution is -2.36. The molecule has 1 amide bonds. The molecule has 0 bridgehead atoms. The monoisotopic (exact) mass is 395 g/mol. The van der Waals surface area contributed by atoms with Gasteiger partial charge in [0.2, 0.25) is 0 Å². The van der Waals surface area contributed by atoms with Crippen molar-refractivity contribution in [3.05, 3.63) is 58.6 Å². The maximum atomic E-state index is 13.2. The van der Waals surface area contributed by atoms with E-state index in [0.717, 1.165) is 17.7 Å². The molecule has 8 heteroatoms. The largest absolute Gasteiger partial charge is 0.492 e. The summed E-state index contributed by atoms with van der Waals surface area (Å²) in [5, 5.41) is 2.90. The molecule has 0 spiro atoms. The van der Waals surface area contributed by atoms with E-state index in [1.807, 2.05) is 0 Å². The SMILES string of the molecule is C[C@H](OC(=O)[C@@H]1COc2ccc(Cl)cc2C1)C(=O)Nc1ccc(F)c(F)c1. The molecule has 0 aromatic heterocycles. The predicted molar refractivity (Wildman–Crippen MR) is 94.7 cm³/mol. The number of carbonyl (C=O) groups is 2. The number of hydrogen-bond donors (Lipinski definition) is 1. The number of anilines is 1. The third-order valence-electron chi connectivity index (χ3n) is 4.11. The summed E-state index contributed by atoms with van der Waals surface area (Å²) in [6.45, 7) is 1.52. The summed E-state index contributed by atoms with van der Waals surface area (Å²) in [4.78, 5) is 24.5. The molecule has 0 saturated heterocycles. The predicted octanol–water partition coefficient (Wildman–Crippen LogP) is 3.74. The first-order valence-corrected chi connectivity index (χ1v) is 8.59. The van der Waals surface area contributed by atoms with Gasteiger partial charge in [-0.3, -0.25) is 9.59 Å². The molecule has 142 valence electrons. The van der Waals surface area contributed by atoms with Gasteiger partial charge in [0.1, 0.15) is 12.4 Å². The van der Waals surface area contributed by atoms with Crippen molar-refractivity contribution in [2.24, 2.45) is 5.92 Å². The zero-order valence-corrected chi connectivity index (χ0v) is 15.1. The molecule has 5 nitrogen and oxygen atoms in total. The first-order valence-electron chi connectivity index (χ1n) is 8.21. The van der Waals surface area contributed by atoms with E-state index in [0.29, 0.717) is 17.2 Å². The number of esters is 1. The van der Waals surface area contributed by atoms with E-state index in [4.69, 9.17) is 21.1 Å². The lowest BCUT2D eigenvalue weighted by Gasteiger charge is -2.25. The first-order chi connectivity index (χ1) is 12.8. The van der Waals surface area contributed by atoms with Crippen LogP contribution in [0.3, 0.4) is 0 Å². The molecule has 2 atom stereocenters. The van der Waals surface area contributed by atoms with Gasteiger partial charge in [0.15, 0.2) is 17.7 Å². The zero-order valence-electron chi connectivity index (χ0n) is 14.3. The normalized spacial score (nSPS) is 16.7. The Hall–Kier alpha value is -2.67. The maximum absolute atomic E-state index is 13.2. The number of amides is 1. The van der Waals surface area contributed by atoms with Gasteiger partial charge in [-0.2, -0.15) is 0 Å². The third kappa shape index (κ3) is 4.54. The lowest BCUT2D eigenvalue weighted by atomic mass is 9.97. The highest BCUT2D eigenvalue weighted by atomic mass is 35.5. The zero-order chi connectivity index (χ0) is 19.6. The molecule has 0 unspecified atom stereocenters. The van der Waals surface area contributed by atoms with E-state index in [2.05, 4.69) is 5.32 Å².